The summed E-state index contributed by atoms with van der Waals surface area (Å²) in [5, 5.41) is 9.52. The van der Waals surface area contributed by atoms with Crippen molar-refractivity contribution in [1.82, 2.24) is 30.2 Å². The van der Waals surface area contributed by atoms with Crippen LogP contribution in [0.5, 0.6) is 0 Å². The first-order valence-electron chi connectivity index (χ1n) is 9.18. The summed E-state index contributed by atoms with van der Waals surface area (Å²) in [5.41, 5.74) is 0.597. The monoisotopic (exact) mass is 396 g/mol. The van der Waals surface area contributed by atoms with E-state index in [9.17, 15) is 14.4 Å². The van der Waals surface area contributed by atoms with Crippen molar-refractivity contribution in [2.75, 3.05) is 19.6 Å². The summed E-state index contributed by atoms with van der Waals surface area (Å²) in [6.45, 7) is 4.77. The first-order valence-corrected chi connectivity index (χ1v) is 9.56. The normalized spacial score (nSPS) is 23.2. The molecule has 148 valence electrons. The lowest BCUT2D eigenvalue weighted by Crippen LogP contribution is -2.59. The molecule has 0 aliphatic carbocycles. The van der Waals surface area contributed by atoms with Crippen LogP contribution in [0.2, 0.25) is 5.02 Å². The molecule has 3 heterocycles. The Labute approximate surface area is 163 Å². The van der Waals surface area contributed by atoms with Crippen molar-refractivity contribution in [1.29, 1.82) is 0 Å². The van der Waals surface area contributed by atoms with Gasteiger partial charge in [0.2, 0.25) is 11.8 Å². The Kier molecular flexibility index (Phi) is 6.01. The first kappa shape index (κ1) is 19.6. The number of amides is 4. The van der Waals surface area contributed by atoms with Crippen molar-refractivity contribution in [3.8, 4) is 0 Å². The Balaban J connectivity index is 1.79. The summed E-state index contributed by atoms with van der Waals surface area (Å²) in [4.78, 5) is 40.4. The SMILES string of the molecule is CCN1CCCC1CN(Cc1nn(C)cc1Cl)C(=O)C1CC(=O)NC(=O)N1. The number of nitrogens with one attached hydrogen (secondary N) is 2. The lowest BCUT2D eigenvalue weighted by atomic mass is 10.1. The molecule has 10 heteroatoms. The summed E-state index contributed by atoms with van der Waals surface area (Å²) < 4.78 is 1.60. The minimum Gasteiger partial charge on any atom is -0.333 e. The third-order valence-electron chi connectivity index (χ3n) is 5.09. The summed E-state index contributed by atoms with van der Waals surface area (Å²) in [5.74, 6) is -0.744. The predicted octanol–water partition coefficient (Wildman–Crippen LogP) is 0.485. The lowest BCUT2D eigenvalue weighted by molar-refractivity contribution is -0.137. The average Bonchev–Trinajstić information content (AvgIpc) is 3.18. The number of hydrogen-bond acceptors (Lipinski definition) is 5. The zero-order chi connectivity index (χ0) is 19.6. The minimum atomic E-state index is -0.870. The smallest absolute Gasteiger partial charge is 0.322 e. The number of imide groups is 1. The molecule has 2 N–H and O–H groups in total. The molecule has 0 aromatic carbocycles. The molecule has 2 unspecified atom stereocenters. The van der Waals surface area contributed by atoms with E-state index in [2.05, 4.69) is 27.6 Å². The number of carbonyl (C=O) groups excluding carboxylic acids is 3. The molecule has 0 bridgehead atoms. The van der Waals surface area contributed by atoms with Crippen LogP contribution in [-0.2, 0) is 23.2 Å². The maximum atomic E-state index is 13.1. The topological polar surface area (TPSA) is 99.6 Å². The number of aryl methyl sites for hydroxylation is 1. The fraction of sp³-hybridized carbons (Fsp3) is 0.647. The van der Waals surface area contributed by atoms with Gasteiger partial charge in [0.25, 0.3) is 0 Å². The van der Waals surface area contributed by atoms with Gasteiger partial charge < -0.3 is 10.2 Å². The van der Waals surface area contributed by atoms with Crippen LogP contribution < -0.4 is 10.6 Å². The lowest BCUT2D eigenvalue weighted by Gasteiger charge is -2.33. The molecule has 0 saturated carbocycles. The largest absolute Gasteiger partial charge is 0.333 e. The minimum absolute atomic E-state index is 0.0703. The highest BCUT2D eigenvalue weighted by Gasteiger charge is 2.35. The predicted molar refractivity (Wildman–Crippen MR) is 99.0 cm³/mol. The molecule has 4 amide bonds. The van der Waals surface area contributed by atoms with Gasteiger partial charge in [-0.05, 0) is 25.9 Å². The molecule has 0 spiro atoms. The number of aromatic nitrogens is 2. The van der Waals surface area contributed by atoms with Crippen LogP contribution in [0.4, 0.5) is 4.79 Å². The summed E-state index contributed by atoms with van der Waals surface area (Å²) >= 11 is 6.23. The van der Waals surface area contributed by atoms with Gasteiger partial charge in [-0.1, -0.05) is 18.5 Å². The van der Waals surface area contributed by atoms with Gasteiger partial charge in [-0.15, -0.1) is 0 Å². The van der Waals surface area contributed by atoms with Crippen LogP contribution in [0, 0.1) is 0 Å². The quantitative estimate of drug-likeness (QED) is 0.728. The van der Waals surface area contributed by atoms with E-state index in [0.29, 0.717) is 17.3 Å². The fourth-order valence-electron chi connectivity index (χ4n) is 3.78. The third kappa shape index (κ3) is 4.59. The number of likely N-dealkylation sites (N-methyl/N-ethyl adjacent to an activating group) is 1. The van der Waals surface area contributed by atoms with Crippen LogP contribution in [0.25, 0.3) is 0 Å². The summed E-state index contributed by atoms with van der Waals surface area (Å²) in [6.07, 6.45) is 3.71. The Morgan fingerprint density at radius 1 is 1.44 bits per heavy atom. The molecule has 9 nitrogen and oxygen atoms in total. The summed E-state index contributed by atoms with van der Waals surface area (Å²) in [7, 11) is 1.77. The Morgan fingerprint density at radius 3 is 2.85 bits per heavy atom. The van der Waals surface area contributed by atoms with Crippen molar-refractivity contribution in [3.05, 3.63) is 16.9 Å². The number of carbonyl (C=O) groups is 3. The van der Waals surface area contributed by atoms with E-state index in [0.717, 1.165) is 25.9 Å². The standard InChI is InChI=1S/C17H25ClN6O3/c1-3-23-6-4-5-11(23)8-24(10-14-12(18)9-22(2)21-14)16(26)13-7-15(25)20-17(27)19-13/h9,11,13H,3-8,10H2,1-2H3,(H2,19,20,25,27). The number of urea groups is 1. The maximum absolute atomic E-state index is 13.1. The molecule has 27 heavy (non-hydrogen) atoms. The van der Waals surface area contributed by atoms with E-state index in [1.807, 2.05) is 0 Å². The number of likely N-dealkylation sites (tertiary alicyclic amines) is 1. The molecule has 2 saturated heterocycles. The van der Waals surface area contributed by atoms with Gasteiger partial charge in [0.05, 0.1) is 18.0 Å². The van der Waals surface area contributed by atoms with Crippen molar-refractivity contribution >= 4 is 29.4 Å². The highest BCUT2D eigenvalue weighted by molar-refractivity contribution is 6.31. The fourth-order valence-corrected chi connectivity index (χ4v) is 4.02. The van der Waals surface area contributed by atoms with Gasteiger partial charge in [0, 0.05) is 25.8 Å². The molecule has 0 radical (unpaired) electrons. The highest BCUT2D eigenvalue weighted by Crippen LogP contribution is 2.21. The first-order chi connectivity index (χ1) is 12.9. The van der Waals surface area contributed by atoms with Crippen LogP contribution >= 0.6 is 11.6 Å². The van der Waals surface area contributed by atoms with Gasteiger partial charge >= 0.3 is 6.03 Å². The van der Waals surface area contributed by atoms with Gasteiger partial charge in [-0.25, -0.2) is 4.79 Å². The van der Waals surface area contributed by atoms with Crippen molar-refractivity contribution in [2.45, 2.75) is 44.8 Å². The zero-order valence-electron chi connectivity index (χ0n) is 15.6. The Morgan fingerprint density at radius 2 is 2.22 bits per heavy atom. The van der Waals surface area contributed by atoms with Crippen LogP contribution in [0.15, 0.2) is 6.20 Å². The van der Waals surface area contributed by atoms with E-state index in [1.165, 1.54) is 0 Å². The second-order valence-electron chi connectivity index (χ2n) is 7.02. The molecule has 1 aromatic heterocycles. The van der Waals surface area contributed by atoms with Crippen LogP contribution in [0.1, 0.15) is 31.9 Å². The molecular weight excluding hydrogens is 372 g/mol. The van der Waals surface area contributed by atoms with Crippen molar-refractivity contribution in [3.63, 3.8) is 0 Å². The molecule has 2 aliphatic rings. The van der Waals surface area contributed by atoms with Crippen LogP contribution in [0.3, 0.4) is 0 Å². The molecule has 2 atom stereocenters. The summed E-state index contributed by atoms with van der Waals surface area (Å²) in [6, 6.07) is -1.27. The maximum Gasteiger partial charge on any atom is 0.322 e. The molecule has 3 rings (SSSR count). The van der Waals surface area contributed by atoms with Crippen molar-refractivity contribution < 1.29 is 14.4 Å². The molecule has 2 aliphatic heterocycles. The van der Waals surface area contributed by atoms with E-state index in [1.54, 1.807) is 22.8 Å². The Hall–Kier alpha value is -2.13. The van der Waals surface area contributed by atoms with Gasteiger partial charge in [0.1, 0.15) is 11.7 Å². The highest BCUT2D eigenvalue weighted by atomic mass is 35.5. The zero-order valence-corrected chi connectivity index (χ0v) is 16.3. The number of hydrogen-bond donors (Lipinski definition) is 2. The second kappa shape index (κ2) is 8.26. The number of rotatable bonds is 6. The van der Waals surface area contributed by atoms with Crippen LogP contribution in [-0.4, -0.2) is 69.1 Å². The molecule has 1 aromatic rings. The number of halogens is 1. The van der Waals surface area contributed by atoms with Gasteiger partial charge in [-0.3, -0.25) is 24.5 Å². The Bertz CT molecular complexity index is 720. The van der Waals surface area contributed by atoms with E-state index >= 15 is 0 Å². The van der Waals surface area contributed by atoms with Gasteiger partial charge in [0.15, 0.2) is 0 Å². The third-order valence-corrected chi connectivity index (χ3v) is 5.40. The second-order valence-corrected chi connectivity index (χ2v) is 7.43. The molecule has 2 fully saturated rings. The number of nitrogens with zero attached hydrogens (tertiary/aromatic N) is 4. The van der Waals surface area contributed by atoms with Crippen molar-refractivity contribution in [2.24, 2.45) is 7.05 Å². The van der Waals surface area contributed by atoms with E-state index in [4.69, 9.17) is 11.6 Å². The van der Waals surface area contributed by atoms with E-state index in [-0.39, 0.29) is 24.9 Å². The molecular formula is C17H25ClN6O3. The average molecular weight is 397 g/mol. The van der Waals surface area contributed by atoms with Gasteiger partial charge in [-0.2, -0.15) is 5.10 Å². The van der Waals surface area contributed by atoms with E-state index < -0.39 is 18.0 Å².